The molecule has 2 fully saturated rings. The van der Waals surface area contributed by atoms with Crippen molar-refractivity contribution in [1.29, 1.82) is 0 Å². The number of hydrogen-bond donors (Lipinski definition) is 10. The van der Waals surface area contributed by atoms with E-state index in [1.54, 1.807) is 0 Å². The Bertz CT molecular complexity index is 1570. The molecule has 3 heterocycles. The maximum atomic E-state index is 13.2. The van der Waals surface area contributed by atoms with Crippen LogP contribution in [-0.4, -0.2) is 133 Å². The lowest BCUT2D eigenvalue weighted by atomic mass is 9.97. The van der Waals surface area contributed by atoms with E-state index in [1.165, 1.54) is 13.2 Å². The van der Waals surface area contributed by atoms with Crippen molar-refractivity contribution >= 4 is 11.0 Å². The van der Waals surface area contributed by atoms with Gasteiger partial charge in [-0.1, -0.05) is 0 Å². The minimum Gasteiger partial charge on any atom is -0.507 e. The molecule has 0 bridgehead atoms. The molecule has 246 valence electrons. The molecule has 0 saturated carbocycles. The maximum Gasteiger partial charge on any atom is 0.239 e. The number of aliphatic hydroxyl groups is 7. The first kappa shape index (κ1) is 32.6. The van der Waals surface area contributed by atoms with Crippen LogP contribution in [0.15, 0.2) is 39.5 Å². The van der Waals surface area contributed by atoms with Gasteiger partial charge in [-0.05, 0) is 18.2 Å². The lowest BCUT2D eigenvalue weighted by Crippen LogP contribution is -2.65. The minimum absolute atomic E-state index is 0.136. The molecule has 17 heteroatoms. The third-order valence-corrected chi connectivity index (χ3v) is 7.56. The van der Waals surface area contributed by atoms with Crippen LogP contribution in [0.4, 0.5) is 0 Å². The van der Waals surface area contributed by atoms with Crippen LogP contribution in [-0.2, 0) is 14.2 Å². The molecule has 4 unspecified atom stereocenters. The van der Waals surface area contributed by atoms with E-state index in [1.807, 2.05) is 0 Å². The van der Waals surface area contributed by atoms with Crippen LogP contribution in [0, 0.1) is 0 Å². The second-order valence-corrected chi connectivity index (χ2v) is 10.4. The summed E-state index contributed by atoms with van der Waals surface area (Å²) in [5.74, 6) is -2.27. The summed E-state index contributed by atoms with van der Waals surface area (Å²) in [5, 5.41) is 101. The SMILES string of the molecule is COc1c(-c2ccc(O)c(O)c2)oc2cc(O[C@@H]3OC(CO)[C@@H](O[C@@H]4OC(CO)[C@H](O)[C@H](O)C4O)[C@H](O)C3O)cc(O)c2c1=O. The summed E-state index contributed by atoms with van der Waals surface area (Å²) in [6.07, 6.45) is -16.8. The summed E-state index contributed by atoms with van der Waals surface area (Å²) < 4.78 is 33.1. The Kier molecular flexibility index (Phi) is 9.38. The van der Waals surface area contributed by atoms with Crippen molar-refractivity contribution in [2.45, 2.75) is 61.4 Å². The third-order valence-electron chi connectivity index (χ3n) is 7.56. The predicted octanol–water partition coefficient (Wildman–Crippen LogP) is -2.41. The van der Waals surface area contributed by atoms with Gasteiger partial charge in [0.15, 0.2) is 23.5 Å². The number of hydrogen-bond acceptors (Lipinski definition) is 17. The van der Waals surface area contributed by atoms with Crippen LogP contribution >= 0.6 is 0 Å². The van der Waals surface area contributed by atoms with Crippen molar-refractivity contribution in [1.82, 2.24) is 0 Å². The van der Waals surface area contributed by atoms with Gasteiger partial charge in [0, 0.05) is 17.7 Å². The van der Waals surface area contributed by atoms with Gasteiger partial charge in [0.1, 0.15) is 71.3 Å². The number of benzene rings is 2. The number of phenolic OH excluding ortho intramolecular Hbond substituents is 3. The highest BCUT2D eigenvalue weighted by atomic mass is 16.7. The van der Waals surface area contributed by atoms with Crippen molar-refractivity contribution in [2.75, 3.05) is 20.3 Å². The first-order chi connectivity index (χ1) is 21.4. The zero-order chi connectivity index (χ0) is 32.7. The third kappa shape index (κ3) is 5.98. The van der Waals surface area contributed by atoms with Gasteiger partial charge >= 0.3 is 0 Å². The van der Waals surface area contributed by atoms with E-state index < -0.39 is 97.3 Å². The Hall–Kier alpha value is -3.75. The number of aromatic hydroxyl groups is 3. The Balaban J connectivity index is 1.41. The molecule has 2 aliphatic heterocycles. The molecule has 10 N–H and O–H groups in total. The predicted molar refractivity (Wildman–Crippen MR) is 146 cm³/mol. The molecule has 0 aliphatic carbocycles. The molecule has 2 saturated heterocycles. The highest BCUT2D eigenvalue weighted by Gasteiger charge is 2.51. The zero-order valence-corrected chi connectivity index (χ0v) is 23.4. The number of rotatable bonds is 8. The zero-order valence-electron chi connectivity index (χ0n) is 23.4. The van der Waals surface area contributed by atoms with Gasteiger partial charge in [-0.25, -0.2) is 0 Å². The molecule has 17 nitrogen and oxygen atoms in total. The highest BCUT2D eigenvalue weighted by molar-refractivity contribution is 5.88. The van der Waals surface area contributed by atoms with Gasteiger partial charge in [-0.15, -0.1) is 0 Å². The van der Waals surface area contributed by atoms with Gasteiger partial charge < -0.3 is 79.2 Å². The van der Waals surface area contributed by atoms with Crippen LogP contribution in [0.5, 0.6) is 28.7 Å². The van der Waals surface area contributed by atoms with Crippen molar-refractivity contribution in [3.8, 4) is 40.1 Å². The fourth-order valence-corrected chi connectivity index (χ4v) is 5.15. The van der Waals surface area contributed by atoms with Crippen molar-refractivity contribution < 1.29 is 79.2 Å². The van der Waals surface area contributed by atoms with Gasteiger partial charge in [0.25, 0.3) is 0 Å². The average molecular weight is 641 g/mol. The largest absolute Gasteiger partial charge is 0.507 e. The van der Waals surface area contributed by atoms with Crippen LogP contribution in [0.25, 0.3) is 22.3 Å². The van der Waals surface area contributed by atoms with Crippen LogP contribution in [0.1, 0.15) is 0 Å². The first-order valence-corrected chi connectivity index (χ1v) is 13.5. The number of phenols is 3. The van der Waals surface area contributed by atoms with E-state index in [2.05, 4.69) is 0 Å². The number of fused-ring (bicyclic) bond motifs is 1. The molecule has 0 radical (unpaired) electrons. The number of ether oxygens (including phenoxy) is 5. The molecule has 2 aliphatic rings. The molecular formula is C28H32O17. The maximum absolute atomic E-state index is 13.2. The van der Waals surface area contributed by atoms with E-state index in [0.29, 0.717) is 0 Å². The minimum atomic E-state index is -1.89. The second kappa shape index (κ2) is 12.9. The van der Waals surface area contributed by atoms with Crippen molar-refractivity contribution in [2.24, 2.45) is 0 Å². The van der Waals surface area contributed by atoms with Crippen LogP contribution in [0.3, 0.4) is 0 Å². The lowest BCUT2D eigenvalue weighted by molar-refractivity contribution is -0.352. The molecule has 5 rings (SSSR count). The first-order valence-electron chi connectivity index (χ1n) is 13.5. The normalized spacial score (nSPS) is 32.0. The molecule has 10 atom stereocenters. The summed E-state index contributed by atoms with van der Waals surface area (Å²) in [4.78, 5) is 13.2. The fourth-order valence-electron chi connectivity index (χ4n) is 5.15. The molecule has 3 aromatic rings. The second-order valence-electron chi connectivity index (χ2n) is 10.4. The van der Waals surface area contributed by atoms with Crippen LogP contribution < -0.4 is 14.9 Å². The number of aliphatic hydroxyl groups excluding tert-OH is 7. The van der Waals surface area contributed by atoms with E-state index in [4.69, 9.17) is 28.1 Å². The Labute approximate surface area is 252 Å². The average Bonchev–Trinajstić information content (AvgIpc) is 3.01. The Morgan fingerprint density at radius 3 is 2.07 bits per heavy atom. The summed E-state index contributed by atoms with van der Waals surface area (Å²) in [6, 6.07) is 5.77. The Morgan fingerprint density at radius 1 is 0.756 bits per heavy atom. The standard InChI is InChI=1S/C28H32O17/c1-40-26-19(35)17-13(33)5-10(6-14(17)42-24(26)9-2-3-11(31)12(32)4-9)41-27-23(39)21(37)25(16(8-30)44-27)45-28-22(38)20(36)18(34)15(7-29)43-28/h2-6,15-16,18,20-23,25,27-34,36-39H,7-8H2,1H3/t15?,16?,18-,20-,21+,22?,23?,25+,27+,28-/m0/s1. The van der Waals surface area contributed by atoms with E-state index in [9.17, 15) is 55.9 Å². The fraction of sp³-hybridized carbons (Fsp3) is 0.464. The van der Waals surface area contributed by atoms with E-state index in [0.717, 1.165) is 24.3 Å². The summed E-state index contributed by atoms with van der Waals surface area (Å²) >= 11 is 0. The van der Waals surface area contributed by atoms with Gasteiger partial charge in [-0.2, -0.15) is 0 Å². The van der Waals surface area contributed by atoms with Crippen molar-refractivity contribution in [3.63, 3.8) is 0 Å². The van der Waals surface area contributed by atoms with Crippen LogP contribution in [0.2, 0.25) is 0 Å². The smallest absolute Gasteiger partial charge is 0.239 e. The number of methoxy groups -OCH3 is 1. The van der Waals surface area contributed by atoms with Gasteiger partial charge in [-0.3, -0.25) is 4.79 Å². The molecule has 0 spiro atoms. The Morgan fingerprint density at radius 2 is 1.42 bits per heavy atom. The summed E-state index contributed by atoms with van der Waals surface area (Å²) in [5.41, 5.74) is -0.882. The topological polar surface area (TPSA) is 279 Å². The summed E-state index contributed by atoms with van der Waals surface area (Å²) in [7, 11) is 1.19. The van der Waals surface area contributed by atoms with E-state index >= 15 is 0 Å². The van der Waals surface area contributed by atoms with Gasteiger partial charge in [0.2, 0.25) is 17.5 Å². The monoisotopic (exact) mass is 640 g/mol. The van der Waals surface area contributed by atoms with E-state index in [-0.39, 0.29) is 33.8 Å². The van der Waals surface area contributed by atoms with Gasteiger partial charge in [0.05, 0.1) is 20.3 Å². The summed E-state index contributed by atoms with van der Waals surface area (Å²) in [6.45, 7) is -1.56. The molecular weight excluding hydrogens is 608 g/mol. The highest BCUT2D eigenvalue weighted by Crippen LogP contribution is 2.39. The molecule has 1 aromatic heterocycles. The van der Waals surface area contributed by atoms with Crippen molar-refractivity contribution in [3.05, 3.63) is 40.6 Å². The lowest BCUT2D eigenvalue weighted by Gasteiger charge is -2.45. The molecule has 45 heavy (non-hydrogen) atoms. The molecule has 2 aromatic carbocycles. The molecule has 0 amide bonds. The quantitative estimate of drug-likeness (QED) is 0.115.